The van der Waals surface area contributed by atoms with Crippen LogP contribution in [0.3, 0.4) is 0 Å². The quantitative estimate of drug-likeness (QED) is 0.580. The molecule has 0 bridgehead atoms. The zero-order chi connectivity index (χ0) is 22.5. The second-order valence-electron chi connectivity index (χ2n) is 8.02. The number of ether oxygens (including phenoxy) is 1. The highest BCUT2D eigenvalue weighted by atomic mass is 19.1. The van der Waals surface area contributed by atoms with E-state index in [9.17, 15) is 9.18 Å². The molecule has 2 heterocycles. The number of methoxy groups -OCH3 is 1. The molecule has 1 fully saturated rings. The van der Waals surface area contributed by atoms with Crippen LogP contribution >= 0.6 is 0 Å². The molecular formula is C24H28FN5O2. The van der Waals surface area contributed by atoms with Gasteiger partial charge in [0.15, 0.2) is 0 Å². The van der Waals surface area contributed by atoms with Crippen LogP contribution in [-0.2, 0) is 6.54 Å². The summed E-state index contributed by atoms with van der Waals surface area (Å²) in [6, 6.07) is 14.3. The Hall–Kier alpha value is -3.39. The third-order valence-corrected chi connectivity index (χ3v) is 5.86. The zero-order valence-electron chi connectivity index (χ0n) is 18.3. The topological polar surface area (TPSA) is 71.4 Å². The molecule has 0 aliphatic carbocycles. The van der Waals surface area contributed by atoms with Crippen LogP contribution < -0.4 is 15.4 Å². The second-order valence-corrected chi connectivity index (χ2v) is 8.02. The molecule has 1 aliphatic rings. The van der Waals surface area contributed by atoms with Gasteiger partial charge in [0, 0.05) is 43.0 Å². The summed E-state index contributed by atoms with van der Waals surface area (Å²) in [7, 11) is 1.53. The summed E-state index contributed by atoms with van der Waals surface area (Å²) in [6.07, 6.45) is 3.43. The van der Waals surface area contributed by atoms with Gasteiger partial charge in [-0.3, -0.25) is 10.2 Å². The molecule has 4 rings (SSSR count). The molecule has 2 aromatic carbocycles. The van der Waals surface area contributed by atoms with Gasteiger partial charge in [-0.05, 0) is 37.5 Å². The summed E-state index contributed by atoms with van der Waals surface area (Å²) in [5.74, 6) is 0.940. The van der Waals surface area contributed by atoms with E-state index in [2.05, 4.69) is 20.6 Å². The lowest BCUT2D eigenvalue weighted by molar-refractivity contribution is 0.172. The van der Waals surface area contributed by atoms with E-state index in [-0.39, 0.29) is 17.9 Å². The van der Waals surface area contributed by atoms with Gasteiger partial charge in [0.25, 0.3) is 0 Å². The summed E-state index contributed by atoms with van der Waals surface area (Å²) in [5.41, 5.74) is 2.44. The SMILES string of the molecule is COc1ccc(CN2CCC(n3nccc3NC(=O)Nc3ccccc3C)CC2)c(F)c1. The van der Waals surface area contributed by atoms with Crippen LogP contribution in [0.1, 0.15) is 30.0 Å². The van der Waals surface area contributed by atoms with E-state index in [1.807, 2.05) is 35.9 Å². The summed E-state index contributed by atoms with van der Waals surface area (Å²) in [5, 5.41) is 10.2. The van der Waals surface area contributed by atoms with Crippen molar-refractivity contribution in [3.05, 3.63) is 71.7 Å². The maximum Gasteiger partial charge on any atom is 0.324 e. The molecule has 0 spiro atoms. The van der Waals surface area contributed by atoms with Gasteiger partial charge < -0.3 is 10.1 Å². The molecule has 0 saturated carbocycles. The number of aromatic nitrogens is 2. The third-order valence-electron chi connectivity index (χ3n) is 5.86. The minimum absolute atomic E-state index is 0.177. The maximum absolute atomic E-state index is 14.3. The summed E-state index contributed by atoms with van der Waals surface area (Å²) < 4.78 is 21.2. The van der Waals surface area contributed by atoms with Crippen molar-refractivity contribution in [1.29, 1.82) is 0 Å². The standard InChI is InChI=1S/C24H28FN5O2/c1-17-5-3-4-6-22(17)27-24(31)28-23-9-12-26-30(23)19-10-13-29(14-11-19)16-18-7-8-20(32-2)15-21(18)25/h3-9,12,15,19H,10-11,13-14,16H2,1-2H3,(H2,27,28,31). The van der Waals surface area contributed by atoms with Gasteiger partial charge in [0.1, 0.15) is 17.4 Å². The van der Waals surface area contributed by atoms with Crippen LogP contribution in [0.15, 0.2) is 54.7 Å². The number of carbonyl (C=O) groups is 1. The van der Waals surface area contributed by atoms with E-state index in [0.29, 0.717) is 23.7 Å². The van der Waals surface area contributed by atoms with Gasteiger partial charge in [-0.25, -0.2) is 13.9 Å². The smallest absolute Gasteiger partial charge is 0.324 e. The molecule has 1 aliphatic heterocycles. The first-order valence-electron chi connectivity index (χ1n) is 10.8. The highest BCUT2D eigenvalue weighted by molar-refractivity contribution is 5.99. The second kappa shape index (κ2) is 9.82. The van der Waals surface area contributed by atoms with E-state index in [4.69, 9.17) is 4.74 Å². The Morgan fingerprint density at radius 3 is 2.66 bits per heavy atom. The van der Waals surface area contributed by atoms with Gasteiger partial charge in [0.05, 0.1) is 19.3 Å². The van der Waals surface area contributed by atoms with Gasteiger partial charge in [0.2, 0.25) is 0 Å². The number of urea groups is 1. The monoisotopic (exact) mass is 437 g/mol. The number of hydrogen-bond donors (Lipinski definition) is 2. The normalized spacial score (nSPS) is 14.8. The van der Waals surface area contributed by atoms with E-state index >= 15 is 0 Å². The highest BCUT2D eigenvalue weighted by Crippen LogP contribution is 2.27. The Kier molecular flexibility index (Phi) is 6.70. The van der Waals surface area contributed by atoms with Crippen molar-refractivity contribution in [2.45, 2.75) is 32.4 Å². The number of halogens is 1. The fourth-order valence-electron chi connectivity index (χ4n) is 4.03. The average molecular weight is 438 g/mol. The van der Waals surface area contributed by atoms with Crippen LogP contribution in [0.2, 0.25) is 0 Å². The van der Waals surface area contributed by atoms with Gasteiger partial charge >= 0.3 is 6.03 Å². The van der Waals surface area contributed by atoms with Gasteiger partial charge in [-0.2, -0.15) is 5.10 Å². The van der Waals surface area contributed by atoms with Crippen LogP contribution in [-0.4, -0.2) is 40.9 Å². The molecule has 0 radical (unpaired) electrons. The van der Waals surface area contributed by atoms with E-state index in [1.54, 1.807) is 24.4 Å². The molecule has 8 heteroatoms. The lowest BCUT2D eigenvalue weighted by Gasteiger charge is -2.32. The van der Waals surface area contributed by atoms with E-state index < -0.39 is 0 Å². The van der Waals surface area contributed by atoms with Crippen molar-refractivity contribution < 1.29 is 13.9 Å². The van der Waals surface area contributed by atoms with Crippen molar-refractivity contribution in [3.63, 3.8) is 0 Å². The van der Waals surface area contributed by atoms with E-state index in [0.717, 1.165) is 37.2 Å². The number of rotatable bonds is 6. The predicted octanol–water partition coefficient (Wildman–Crippen LogP) is 4.82. The zero-order valence-corrected chi connectivity index (χ0v) is 18.3. The molecule has 32 heavy (non-hydrogen) atoms. The van der Waals surface area contributed by atoms with Crippen LogP contribution in [0, 0.1) is 12.7 Å². The summed E-state index contributed by atoms with van der Waals surface area (Å²) in [6.45, 7) is 4.16. The number of hydrogen-bond acceptors (Lipinski definition) is 4. The average Bonchev–Trinajstić information content (AvgIpc) is 3.25. The first kappa shape index (κ1) is 21.8. The number of amides is 2. The fraction of sp³-hybridized carbons (Fsp3) is 0.333. The van der Waals surface area contributed by atoms with Crippen LogP contribution in [0.5, 0.6) is 5.75 Å². The third kappa shape index (κ3) is 5.08. The van der Waals surface area contributed by atoms with Crippen LogP contribution in [0.4, 0.5) is 20.7 Å². The molecule has 0 unspecified atom stereocenters. The number of nitrogens with one attached hydrogen (secondary N) is 2. The van der Waals surface area contributed by atoms with Crippen molar-refractivity contribution in [2.24, 2.45) is 0 Å². The van der Waals surface area contributed by atoms with Gasteiger partial charge in [-0.15, -0.1) is 0 Å². The van der Waals surface area contributed by atoms with Crippen LogP contribution in [0.25, 0.3) is 0 Å². The number of aryl methyl sites for hydroxylation is 1. The molecule has 2 amide bonds. The lowest BCUT2D eigenvalue weighted by Crippen LogP contribution is -2.35. The first-order chi connectivity index (χ1) is 15.5. The molecule has 1 aromatic heterocycles. The highest BCUT2D eigenvalue weighted by Gasteiger charge is 2.24. The summed E-state index contributed by atoms with van der Waals surface area (Å²) >= 11 is 0. The number of piperidine rings is 1. The largest absolute Gasteiger partial charge is 0.497 e. The Balaban J connectivity index is 1.33. The molecule has 1 saturated heterocycles. The number of anilines is 2. The van der Waals surface area contributed by atoms with Gasteiger partial charge in [-0.1, -0.05) is 24.3 Å². The van der Waals surface area contributed by atoms with Crippen molar-refractivity contribution in [2.75, 3.05) is 30.8 Å². The van der Waals surface area contributed by atoms with Crippen molar-refractivity contribution in [1.82, 2.24) is 14.7 Å². The Morgan fingerprint density at radius 2 is 1.94 bits per heavy atom. The Bertz CT molecular complexity index is 1080. The number of para-hydroxylation sites is 1. The lowest BCUT2D eigenvalue weighted by atomic mass is 10.0. The first-order valence-corrected chi connectivity index (χ1v) is 10.8. The number of carbonyl (C=O) groups excluding carboxylic acids is 1. The minimum atomic E-state index is -0.298. The van der Waals surface area contributed by atoms with Crippen molar-refractivity contribution >= 4 is 17.5 Å². The molecule has 3 aromatic rings. The molecule has 7 nitrogen and oxygen atoms in total. The number of nitrogens with zero attached hydrogens (tertiary/aromatic N) is 3. The Labute approximate surface area is 187 Å². The van der Waals surface area contributed by atoms with Crippen molar-refractivity contribution in [3.8, 4) is 5.75 Å². The Morgan fingerprint density at radius 1 is 1.16 bits per heavy atom. The molecular weight excluding hydrogens is 409 g/mol. The molecule has 2 N–H and O–H groups in total. The minimum Gasteiger partial charge on any atom is -0.497 e. The molecule has 0 atom stereocenters. The maximum atomic E-state index is 14.3. The number of benzene rings is 2. The number of likely N-dealkylation sites (tertiary alicyclic amines) is 1. The predicted molar refractivity (Wildman–Crippen MR) is 123 cm³/mol. The fourth-order valence-corrected chi connectivity index (χ4v) is 4.03. The summed E-state index contributed by atoms with van der Waals surface area (Å²) in [4.78, 5) is 14.7. The van der Waals surface area contributed by atoms with E-state index in [1.165, 1.54) is 13.2 Å². The molecule has 168 valence electrons.